The molecule has 7 nitrogen and oxygen atoms in total. The van der Waals surface area contributed by atoms with Crippen LogP contribution in [-0.4, -0.2) is 70.6 Å². The van der Waals surface area contributed by atoms with Crippen LogP contribution in [0.3, 0.4) is 0 Å². The first kappa shape index (κ1) is 26.3. The van der Waals surface area contributed by atoms with Gasteiger partial charge in [0.1, 0.15) is 5.78 Å². The first-order chi connectivity index (χ1) is 17.2. The SMILES string of the molecule is CC(=O)N1CCCC1CC(=O)Cc1cc(C#N)cc(CN2CCN(C(=O)CCC3CC3)[C@@H](C)C2)c1C. The number of amides is 2. The van der Waals surface area contributed by atoms with E-state index in [1.54, 1.807) is 6.92 Å². The van der Waals surface area contributed by atoms with Crippen molar-refractivity contribution in [3.63, 3.8) is 0 Å². The quantitative estimate of drug-likeness (QED) is 0.526. The maximum atomic E-state index is 13.0. The fraction of sp³-hybridized carbons (Fsp3) is 0.655. The lowest BCUT2D eigenvalue weighted by Crippen LogP contribution is -2.53. The number of nitrogens with zero attached hydrogens (tertiary/aromatic N) is 4. The van der Waals surface area contributed by atoms with Gasteiger partial charge in [-0.3, -0.25) is 19.3 Å². The number of piperazine rings is 1. The molecular weight excluding hydrogens is 452 g/mol. The number of carbonyl (C=O) groups is 3. The van der Waals surface area contributed by atoms with Crippen LogP contribution in [-0.2, 0) is 27.3 Å². The summed E-state index contributed by atoms with van der Waals surface area (Å²) in [7, 11) is 0. The van der Waals surface area contributed by atoms with Gasteiger partial charge in [-0.1, -0.05) is 12.8 Å². The van der Waals surface area contributed by atoms with Crippen LogP contribution in [0.4, 0.5) is 0 Å². The van der Waals surface area contributed by atoms with Gasteiger partial charge in [-0.05, 0) is 67.9 Å². The van der Waals surface area contributed by atoms with Crippen molar-refractivity contribution in [2.24, 2.45) is 5.92 Å². The van der Waals surface area contributed by atoms with Crippen molar-refractivity contribution in [3.8, 4) is 6.07 Å². The van der Waals surface area contributed by atoms with Crippen LogP contribution >= 0.6 is 0 Å². The summed E-state index contributed by atoms with van der Waals surface area (Å²) in [5.41, 5.74) is 3.62. The van der Waals surface area contributed by atoms with Gasteiger partial charge in [0.15, 0.2) is 0 Å². The molecule has 1 aliphatic carbocycles. The van der Waals surface area contributed by atoms with Crippen LogP contribution in [0.15, 0.2) is 12.1 Å². The van der Waals surface area contributed by atoms with Crippen LogP contribution in [0.1, 0.15) is 81.0 Å². The predicted octanol–water partition coefficient (Wildman–Crippen LogP) is 3.60. The van der Waals surface area contributed by atoms with Gasteiger partial charge in [0, 0.05) is 71.0 Å². The first-order valence-corrected chi connectivity index (χ1v) is 13.6. The number of rotatable bonds is 9. The number of likely N-dealkylation sites (tertiary alicyclic amines) is 1. The molecule has 2 amide bonds. The van der Waals surface area contributed by atoms with E-state index in [1.165, 1.54) is 12.8 Å². The summed E-state index contributed by atoms with van der Waals surface area (Å²) < 4.78 is 0. The fourth-order valence-corrected chi connectivity index (χ4v) is 5.93. The minimum Gasteiger partial charge on any atom is -0.340 e. The van der Waals surface area contributed by atoms with Gasteiger partial charge in [0.2, 0.25) is 11.8 Å². The molecule has 1 aromatic rings. The molecule has 2 heterocycles. The molecule has 7 heteroatoms. The molecule has 0 radical (unpaired) electrons. The van der Waals surface area contributed by atoms with Crippen LogP contribution in [0.5, 0.6) is 0 Å². The minimum atomic E-state index is -0.00121. The fourth-order valence-electron chi connectivity index (χ4n) is 5.93. The minimum absolute atomic E-state index is 0.00121. The van der Waals surface area contributed by atoms with Crippen LogP contribution in [0.25, 0.3) is 0 Å². The predicted molar refractivity (Wildman–Crippen MR) is 138 cm³/mol. The summed E-state index contributed by atoms with van der Waals surface area (Å²) in [6.07, 6.45) is 6.74. The van der Waals surface area contributed by atoms with Gasteiger partial charge in [0.05, 0.1) is 11.6 Å². The Labute approximate surface area is 215 Å². The highest BCUT2D eigenvalue weighted by molar-refractivity contribution is 5.83. The topological polar surface area (TPSA) is 84.7 Å². The van der Waals surface area contributed by atoms with Crippen molar-refractivity contribution >= 4 is 17.6 Å². The Hall–Kier alpha value is -2.72. The zero-order valence-corrected chi connectivity index (χ0v) is 22.1. The normalized spacial score (nSPS) is 22.5. The number of benzene rings is 1. The number of carbonyl (C=O) groups excluding carboxylic acids is 3. The monoisotopic (exact) mass is 492 g/mol. The molecule has 1 aromatic carbocycles. The van der Waals surface area contributed by atoms with Crippen molar-refractivity contribution in [1.82, 2.24) is 14.7 Å². The van der Waals surface area contributed by atoms with Gasteiger partial charge in [0.25, 0.3) is 0 Å². The summed E-state index contributed by atoms with van der Waals surface area (Å²) in [5, 5.41) is 9.64. The lowest BCUT2D eigenvalue weighted by Gasteiger charge is -2.40. The smallest absolute Gasteiger partial charge is 0.222 e. The first-order valence-electron chi connectivity index (χ1n) is 13.6. The summed E-state index contributed by atoms with van der Waals surface area (Å²) in [4.78, 5) is 43.7. The number of nitriles is 1. The third kappa shape index (κ3) is 6.53. The summed E-state index contributed by atoms with van der Waals surface area (Å²) in [5.74, 6) is 1.20. The molecule has 2 atom stereocenters. The molecule has 36 heavy (non-hydrogen) atoms. The summed E-state index contributed by atoms with van der Waals surface area (Å²) >= 11 is 0. The zero-order chi connectivity index (χ0) is 25.8. The third-order valence-corrected chi connectivity index (χ3v) is 8.27. The second-order valence-corrected chi connectivity index (χ2v) is 11.1. The highest BCUT2D eigenvalue weighted by Crippen LogP contribution is 2.34. The average Bonchev–Trinajstić information content (AvgIpc) is 3.56. The van der Waals surface area contributed by atoms with Crippen molar-refractivity contribution in [3.05, 3.63) is 34.4 Å². The van der Waals surface area contributed by atoms with Crippen LogP contribution in [0.2, 0.25) is 0 Å². The van der Waals surface area contributed by atoms with Gasteiger partial charge in [-0.25, -0.2) is 0 Å². The molecular formula is C29H40N4O3. The number of ketones is 1. The van der Waals surface area contributed by atoms with Crippen LogP contribution in [0, 0.1) is 24.2 Å². The van der Waals surface area contributed by atoms with Crippen molar-refractivity contribution in [2.75, 3.05) is 26.2 Å². The van der Waals surface area contributed by atoms with Crippen molar-refractivity contribution < 1.29 is 14.4 Å². The maximum absolute atomic E-state index is 13.0. The van der Waals surface area contributed by atoms with E-state index in [-0.39, 0.29) is 36.1 Å². The molecule has 2 aliphatic heterocycles. The summed E-state index contributed by atoms with van der Waals surface area (Å²) in [6, 6.07) is 6.21. The molecule has 1 saturated carbocycles. The Balaban J connectivity index is 1.37. The molecule has 0 aromatic heterocycles. The van der Waals surface area contributed by atoms with E-state index in [0.29, 0.717) is 24.9 Å². The Bertz CT molecular complexity index is 1040. The van der Waals surface area contributed by atoms with E-state index < -0.39 is 0 Å². The van der Waals surface area contributed by atoms with Gasteiger partial charge < -0.3 is 9.80 Å². The highest BCUT2D eigenvalue weighted by Gasteiger charge is 2.30. The maximum Gasteiger partial charge on any atom is 0.222 e. The molecule has 194 valence electrons. The number of Topliss-reactive ketones (excluding diaryl/α,β-unsaturated/α-hetero) is 1. The van der Waals surface area contributed by atoms with Gasteiger partial charge in [-0.15, -0.1) is 0 Å². The lowest BCUT2D eigenvalue weighted by molar-refractivity contribution is -0.136. The van der Waals surface area contributed by atoms with Crippen molar-refractivity contribution in [1.29, 1.82) is 5.26 Å². The zero-order valence-electron chi connectivity index (χ0n) is 22.1. The Kier molecular flexibility index (Phi) is 8.46. The largest absolute Gasteiger partial charge is 0.340 e. The van der Waals surface area contributed by atoms with Gasteiger partial charge >= 0.3 is 0 Å². The molecule has 0 bridgehead atoms. The van der Waals surface area contributed by atoms with Crippen LogP contribution < -0.4 is 0 Å². The second kappa shape index (κ2) is 11.6. The average molecular weight is 493 g/mol. The standard InChI is InChI=1S/C29H40N4O3/c1-20-18-31(11-12-32(20)29(36)9-8-23-6-7-23)19-26-14-24(17-30)13-25(21(26)2)15-28(35)16-27-5-4-10-33(27)22(3)34/h13-14,20,23,27H,4-12,15-16,18-19H2,1-3H3/t20-,27?/m0/s1. The van der Waals surface area contributed by atoms with Gasteiger partial charge in [-0.2, -0.15) is 5.26 Å². The van der Waals surface area contributed by atoms with E-state index in [4.69, 9.17) is 0 Å². The van der Waals surface area contributed by atoms with E-state index >= 15 is 0 Å². The number of hydrogen-bond donors (Lipinski definition) is 0. The Morgan fingerprint density at radius 2 is 1.81 bits per heavy atom. The third-order valence-electron chi connectivity index (χ3n) is 8.27. The lowest BCUT2D eigenvalue weighted by atomic mass is 9.93. The molecule has 3 fully saturated rings. The molecule has 0 spiro atoms. The van der Waals surface area contributed by atoms with E-state index in [0.717, 1.165) is 68.0 Å². The van der Waals surface area contributed by atoms with E-state index in [2.05, 4.69) is 17.9 Å². The molecule has 4 rings (SSSR count). The molecule has 1 unspecified atom stereocenters. The second-order valence-electron chi connectivity index (χ2n) is 11.1. The Morgan fingerprint density at radius 3 is 2.47 bits per heavy atom. The Morgan fingerprint density at radius 1 is 1.06 bits per heavy atom. The molecule has 2 saturated heterocycles. The summed E-state index contributed by atoms with van der Waals surface area (Å²) in [6.45, 7) is 9.53. The highest BCUT2D eigenvalue weighted by atomic mass is 16.2. The van der Waals surface area contributed by atoms with E-state index in [1.807, 2.05) is 28.9 Å². The molecule has 0 N–H and O–H groups in total. The number of hydrogen-bond acceptors (Lipinski definition) is 5. The van der Waals surface area contributed by atoms with Crippen molar-refractivity contribution in [2.45, 2.75) is 90.8 Å². The van der Waals surface area contributed by atoms with E-state index in [9.17, 15) is 19.6 Å². The molecule has 3 aliphatic rings.